The molecule has 0 aromatic carbocycles. The molecule has 1 rings (SSSR count). The standard InChI is InChI=1S/C8H12N2O.4CO.Cr/c1-3-4-5-10-7-6-9(2)8(10)11;4*1-2;/h3-4H,6-7H2,1-2H3;;;;;/b4-3+;;;;;. The summed E-state index contributed by atoms with van der Waals surface area (Å²) in [5.41, 5.74) is 0. The number of amides is 2. The van der Waals surface area contributed by atoms with Crippen molar-refractivity contribution in [1.29, 1.82) is 0 Å². The summed E-state index contributed by atoms with van der Waals surface area (Å²) in [6.07, 6.45) is 3.81. The number of nitrogens with zero attached hydrogens (tertiary/aromatic N) is 2. The van der Waals surface area contributed by atoms with Crippen LogP contribution in [0.4, 0.5) is 4.79 Å². The summed E-state index contributed by atoms with van der Waals surface area (Å²) in [7, 11) is 1.81. The number of hydrogen-bond acceptors (Lipinski definition) is 1. The second-order valence-corrected chi connectivity index (χ2v) is 3.35. The Morgan fingerprint density at radius 3 is 1.75 bits per heavy atom. The van der Waals surface area contributed by atoms with Gasteiger partial charge in [0.1, 0.15) is 0 Å². The fraction of sp³-hybridized carbons (Fsp3) is 0.333. The van der Waals surface area contributed by atoms with E-state index < -0.39 is 0 Å². The molecule has 0 bridgehead atoms. The third kappa shape index (κ3) is 11.5. The summed E-state index contributed by atoms with van der Waals surface area (Å²) < 4.78 is 30.9. The van der Waals surface area contributed by atoms with Crippen LogP contribution in [0.25, 0.3) is 0 Å². The number of rotatable bonds is 2. The molecule has 8 heteroatoms. The van der Waals surface area contributed by atoms with Crippen molar-refractivity contribution in [3.05, 3.63) is 38.8 Å². The first kappa shape index (κ1) is 26.8. The quantitative estimate of drug-likeness (QED) is 0.536. The van der Waals surface area contributed by atoms with Crippen LogP contribution in [-0.4, -0.2) is 40.5 Å². The fourth-order valence-electron chi connectivity index (χ4n) is 1.08. The Kier molecular flexibility index (Phi) is 30.3. The van der Waals surface area contributed by atoms with E-state index in [-0.39, 0.29) is 6.03 Å². The second kappa shape index (κ2) is 22.5. The van der Waals surface area contributed by atoms with E-state index in [1.54, 1.807) is 9.80 Å². The Balaban J connectivity index is -0.000000138. The zero-order valence-electron chi connectivity index (χ0n) is 10.9. The number of carbonyl (C=O) groups is 1. The summed E-state index contributed by atoms with van der Waals surface area (Å²) in [6.45, 7) is 21.5. The van der Waals surface area contributed by atoms with Gasteiger partial charge in [-0.3, -0.25) is 0 Å². The van der Waals surface area contributed by atoms with Crippen LogP contribution in [-0.2, 0) is 34.5 Å². The van der Waals surface area contributed by atoms with Gasteiger partial charge in [0.25, 0.3) is 0 Å². The normalized spacial score (nSPS) is 11.2. The van der Waals surface area contributed by atoms with E-state index in [2.05, 4.69) is 42.5 Å². The molecule has 0 atom stereocenters. The van der Waals surface area contributed by atoms with Crippen LogP contribution in [0.5, 0.6) is 0 Å². The van der Waals surface area contributed by atoms with Gasteiger partial charge in [-0.2, -0.15) is 0 Å². The molecule has 0 spiro atoms. The second-order valence-electron chi connectivity index (χ2n) is 2.69. The van der Waals surface area contributed by atoms with Crippen LogP contribution in [0.3, 0.4) is 0 Å². The predicted octanol–water partition coefficient (Wildman–Crippen LogP) is 0.457. The average Bonchev–Trinajstić information content (AvgIpc) is 2.87. The Morgan fingerprint density at radius 2 is 1.50 bits per heavy atom. The molecule has 1 saturated heterocycles. The molecule has 0 aromatic rings. The van der Waals surface area contributed by atoms with E-state index in [0.29, 0.717) is 0 Å². The summed E-state index contributed by atoms with van der Waals surface area (Å²) in [4.78, 5) is 14.8. The topological polar surface area (TPSA) is 103 Å². The van der Waals surface area contributed by atoms with Gasteiger partial charge in [-0.15, -0.1) is 0 Å². The molecular weight excluding hydrogens is 304 g/mol. The molecule has 7 nitrogen and oxygen atoms in total. The molecule has 1 aliphatic rings. The molecule has 1 heterocycles. The van der Waals surface area contributed by atoms with Gasteiger partial charge >= 0.3 is 125 Å². The molecule has 0 radical (unpaired) electrons. The van der Waals surface area contributed by atoms with E-state index in [4.69, 9.17) is 18.6 Å². The first-order chi connectivity index (χ1) is 9.66. The van der Waals surface area contributed by atoms with Gasteiger partial charge in [0, 0.05) is 0 Å². The number of allylic oxidation sites excluding steroid dienone is 1. The first-order valence-electron chi connectivity index (χ1n) is 4.67. The van der Waals surface area contributed by atoms with Gasteiger partial charge in [0.15, 0.2) is 0 Å². The van der Waals surface area contributed by atoms with Crippen LogP contribution in [0.15, 0.2) is 12.2 Å². The number of carbonyl (C=O) groups excluding carboxylic acids is 1. The first-order valence-corrected chi connectivity index (χ1v) is 5.31. The zero-order chi connectivity index (χ0) is 17.1. The predicted molar refractivity (Wildman–Crippen MR) is 60.3 cm³/mol. The number of urea groups is 1. The van der Waals surface area contributed by atoms with Crippen molar-refractivity contribution in [2.24, 2.45) is 0 Å². The van der Waals surface area contributed by atoms with Gasteiger partial charge in [-0.1, -0.05) is 0 Å². The average molecular weight is 316 g/mol. The van der Waals surface area contributed by atoms with Crippen molar-refractivity contribution in [3.63, 3.8) is 0 Å². The molecule has 2 amide bonds. The summed E-state index contributed by atoms with van der Waals surface area (Å²) in [5.74, 6) is 0. The van der Waals surface area contributed by atoms with Crippen molar-refractivity contribution in [3.8, 4) is 0 Å². The van der Waals surface area contributed by atoms with Crippen LogP contribution < -0.4 is 0 Å². The number of likely N-dealkylation sites (N-methyl/N-ethyl adjacent to an activating group) is 1. The van der Waals surface area contributed by atoms with Gasteiger partial charge in [-0.25, -0.2) is 0 Å². The molecule has 1 aliphatic heterocycles. The summed E-state index contributed by atoms with van der Waals surface area (Å²) >= 11 is 2.88. The molecule has 0 aromatic heterocycles. The maximum absolute atomic E-state index is 11.4. The Bertz CT molecular complexity index is 360. The van der Waals surface area contributed by atoms with Crippen LogP contribution in [0.1, 0.15) is 6.92 Å². The van der Waals surface area contributed by atoms with Gasteiger partial charge in [-0.05, 0) is 0 Å². The SMILES string of the molecule is C/C=C/[C](=[Cr])N1CCN(C)C1=O.[C-]#[O+].[C-]#[O+].[C-]#[O+].[C-]#[O+]. The fourth-order valence-corrected chi connectivity index (χ4v) is 1.56. The van der Waals surface area contributed by atoms with Crippen molar-refractivity contribution < 1.29 is 39.3 Å². The molecule has 1 fully saturated rings. The van der Waals surface area contributed by atoms with Gasteiger partial charge in [0.05, 0.1) is 0 Å². The third-order valence-electron chi connectivity index (χ3n) is 1.79. The Hall–Kier alpha value is -1.63. The van der Waals surface area contributed by atoms with Crippen molar-refractivity contribution in [1.82, 2.24) is 9.80 Å². The molecule has 20 heavy (non-hydrogen) atoms. The van der Waals surface area contributed by atoms with Crippen LogP contribution in [0, 0.1) is 26.6 Å². The zero-order valence-corrected chi connectivity index (χ0v) is 12.2. The van der Waals surface area contributed by atoms with Crippen LogP contribution >= 0.6 is 0 Å². The monoisotopic (exact) mass is 316 g/mol. The summed E-state index contributed by atoms with van der Waals surface area (Å²) in [6, 6.07) is 0.0712. The van der Waals surface area contributed by atoms with Crippen molar-refractivity contribution in [2.45, 2.75) is 6.92 Å². The van der Waals surface area contributed by atoms with Gasteiger partial charge in [0.2, 0.25) is 0 Å². The molecule has 0 N–H and O–H groups in total. The maximum atomic E-state index is 11.4. The van der Waals surface area contributed by atoms with Crippen LogP contribution in [0.2, 0.25) is 0 Å². The van der Waals surface area contributed by atoms with E-state index in [9.17, 15) is 4.79 Å². The van der Waals surface area contributed by atoms with E-state index in [1.807, 2.05) is 26.1 Å². The number of hydrogen-bond donors (Lipinski definition) is 0. The van der Waals surface area contributed by atoms with E-state index in [1.165, 1.54) is 0 Å². The Morgan fingerprint density at radius 1 is 1.10 bits per heavy atom. The minimum atomic E-state index is 0.0712. The molecule has 0 aliphatic carbocycles. The Labute approximate surface area is 126 Å². The van der Waals surface area contributed by atoms with Crippen molar-refractivity contribution >= 4 is 10.5 Å². The minimum absolute atomic E-state index is 0.0712. The van der Waals surface area contributed by atoms with Crippen molar-refractivity contribution in [2.75, 3.05) is 20.1 Å². The third-order valence-corrected chi connectivity index (χ3v) is 2.35. The molecular formula is C12H12CrN2O5. The van der Waals surface area contributed by atoms with Gasteiger partial charge < -0.3 is 0 Å². The molecule has 0 unspecified atom stereocenters. The molecule has 0 saturated carbocycles. The summed E-state index contributed by atoms with van der Waals surface area (Å²) in [5, 5.41) is 0. The molecule has 106 valence electrons. The van der Waals surface area contributed by atoms with E-state index in [0.717, 1.165) is 17.6 Å². The van der Waals surface area contributed by atoms with E-state index >= 15 is 0 Å².